The van der Waals surface area contributed by atoms with Gasteiger partial charge in [0.05, 0.1) is 0 Å². The zero-order chi connectivity index (χ0) is 12.1. The molecule has 3 nitrogen and oxygen atoms in total. The normalized spacial score (nSPS) is 10.3. The van der Waals surface area contributed by atoms with Crippen molar-refractivity contribution in [2.75, 3.05) is 0 Å². The van der Waals surface area contributed by atoms with Crippen molar-refractivity contribution in [2.24, 2.45) is 0 Å². The third kappa shape index (κ3) is 3.46. The van der Waals surface area contributed by atoms with Gasteiger partial charge in [-0.05, 0) is 30.5 Å². The molecule has 1 rings (SSSR count). The maximum Gasteiger partial charge on any atom is 0.707 e. The Balaban J connectivity index is 2.89. The fourth-order valence-corrected chi connectivity index (χ4v) is 1.36. The van der Waals surface area contributed by atoms with Gasteiger partial charge < -0.3 is 14.7 Å². The van der Waals surface area contributed by atoms with Gasteiger partial charge >= 0.3 is 7.32 Å². The van der Waals surface area contributed by atoms with E-state index in [9.17, 15) is 8.78 Å². The van der Waals surface area contributed by atoms with E-state index in [0.29, 0.717) is 12.0 Å². The quantitative estimate of drug-likeness (QED) is 0.756. The molecule has 6 heteroatoms. The number of unbranched alkanes of at least 4 members (excludes halogenated alkanes) is 1. The van der Waals surface area contributed by atoms with Crippen molar-refractivity contribution < 1.29 is 23.5 Å². The Morgan fingerprint density at radius 2 is 1.81 bits per heavy atom. The number of hydrogen-bond acceptors (Lipinski definition) is 3. The van der Waals surface area contributed by atoms with Gasteiger partial charge in [-0.3, -0.25) is 0 Å². The van der Waals surface area contributed by atoms with Crippen LogP contribution in [0.5, 0.6) is 5.75 Å². The molecule has 0 aliphatic carbocycles. The van der Waals surface area contributed by atoms with Crippen molar-refractivity contribution >= 4 is 7.32 Å². The number of hydrogen-bond donors (Lipinski definition) is 2. The summed E-state index contributed by atoms with van der Waals surface area (Å²) in [5.74, 6) is -2.63. The molecule has 0 atom stereocenters. The van der Waals surface area contributed by atoms with E-state index >= 15 is 0 Å². The monoisotopic (exact) mass is 230 g/mol. The highest BCUT2D eigenvalue weighted by Gasteiger charge is 2.19. The van der Waals surface area contributed by atoms with Gasteiger partial charge in [0.1, 0.15) is 0 Å². The van der Waals surface area contributed by atoms with Crippen LogP contribution >= 0.6 is 0 Å². The van der Waals surface area contributed by atoms with Crippen molar-refractivity contribution in [1.82, 2.24) is 0 Å². The van der Waals surface area contributed by atoms with Gasteiger partial charge in [0, 0.05) is 0 Å². The van der Waals surface area contributed by atoms with Gasteiger partial charge in [0.25, 0.3) is 0 Å². The third-order valence-electron chi connectivity index (χ3n) is 2.10. The summed E-state index contributed by atoms with van der Waals surface area (Å²) < 4.78 is 30.8. The Labute approximate surface area is 92.9 Å². The van der Waals surface area contributed by atoms with Crippen molar-refractivity contribution in [1.29, 1.82) is 0 Å². The van der Waals surface area contributed by atoms with Crippen LogP contribution in [-0.2, 0) is 6.42 Å². The number of aryl methyl sites for hydroxylation is 1. The summed E-state index contributed by atoms with van der Waals surface area (Å²) in [4.78, 5) is 0. The Kier molecular flexibility index (Phi) is 4.70. The molecule has 1 aromatic rings. The molecule has 0 saturated carbocycles. The summed E-state index contributed by atoms with van der Waals surface area (Å²) in [6.07, 6.45) is 2.34. The van der Waals surface area contributed by atoms with Gasteiger partial charge in [-0.25, -0.2) is 8.78 Å². The minimum atomic E-state index is -2.23. The lowest BCUT2D eigenvalue weighted by Gasteiger charge is -2.09. The first-order valence-corrected chi connectivity index (χ1v) is 5.05. The van der Waals surface area contributed by atoms with E-state index < -0.39 is 24.7 Å². The lowest BCUT2D eigenvalue weighted by molar-refractivity contribution is 0.274. The van der Waals surface area contributed by atoms with E-state index in [0.717, 1.165) is 25.0 Å². The van der Waals surface area contributed by atoms with Gasteiger partial charge in [0.15, 0.2) is 17.4 Å². The topological polar surface area (TPSA) is 49.7 Å². The third-order valence-corrected chi connectivity index (χ3v) is 2.10. The van der Waals surface area contributed by atoms with Crippen LogP contribution in [0.1, 0.15) is 25.3 Å². The lowest BCUT2D eigenvalue weighted by atomic mass is 10.1. The highest BCUT2D eigenvalue weighted by molar-refractivity contribution is 6.33. The first kappa shape index (κ1) is 12.9. The van der Waals surface area contributed by atoms with Crippen molar-refractivity contribution in [3.8, 4) is 5.75 Å². The molecule has 0 radical (unpaired) electrons. The minimum Gasteiger partial charge on any atom is -0.508 e. The molecular weight excluding hydrogens is 217 g/mol. The van der Waals surface area contributed by atoms with Crippen LogP contribution in [0.15, 0.2) is 12.1 Å². The maximum atomic E-state index is 13.3. The Morgan fingerprint density at radius 1 is 1.25 bits per heavy atom. The molecule has 0 amide bonds. The Hall–Kier alpha value is -1.14. The minimum absolute atomic E-state index is 0.525. The van der Waals surface area contributed by atoms with Crippen LogP contribution in [0.4, 0.5) is 8.78 Å². The van der Waals surface area contributed by atoms with Gasteiger partial charge in [-0.2, -0.15) is 0 Å². The molecule has 88 valence electrons. The molecule has 0 bridgehead atoms. The summed E-state index contributed by atoms with van der Waals surface area (Å²) in [5.41, 5.74) is 0.525. The highest BCUT2D eigenvalue weighted by atomic mass is 19.1. The summed E-state index contributed by atoms with van der Waals surface area (Å²) in [6, 6.07) is 2.27. The van der Waals surface area contributed by atoms with Crippen LogP contribution in [-0.4, -0.2) is 17.4 Å². The molecule has 0 heterocycles. The van der Waals surface area contributed by atoms with Gasteiger partial charge in [0.2, 0.25) is 0 Å². The number of rotatable bonds is 5. The average Bonchev–Trinajstić information content (AvgIpc) is 2.20. The molecule has 0 aromatic heterocycles. The molecular formula is C10H13BF2O3. The van der Waals surface area contributed by atoms with Gasteiger partial charge in [-0.15, -0.1) is 0 Å². The second kappa shape index (κ2) is 5.82. The fourth-order valence-electron chi connectivity index (χ4n) is 1.36. The van der Waals surface area contributed by atoms with E-state index in [1.165, 1.54) is 0 Å². The van der Waals surface area contributed by atoms with E-state index in [2.05, 4.69) is 4.65 Å². The predicted molar refractivity (Wildman–Crippen MR) is 55.8 cm³/mol. The molecule has 16 heavy (non-hydrogen) atoms. The molecule has 2 N–H and O–H groups in total. The SMILES string of the molecule is CCCCc1cc(F)c(OB(O)O)c(F)c1. The molecule has 0 aliphatic heterocycles. The number of benzene rings is 1. The summed E-state index contributed by atoms with van der Waals surface area (Å²) in [7, 11) is -2.23. The van der Waals surface area contributed by atoms with Crippen LogP contribution in [0.2, 0.25) is 0 Å². The summed E-state index contributed by atoms with van der Waals surface area (Å²) >= 11 is 0. The molecule has 1 aromatic carbocycles. The first-order chi connectivity index (χ1) is 7.54. The van der Waals surface area contributed by atoms with Gasteiger partial charge in [-0.1, -0.05) is 13.3 Å². The largest absolute Gasteiger partial charge is 0.707 e. The summed E-state index contributed by atoms with van der Waals surface area (Å²) in [5, 5.41) is 16.9. The van der Waals surface area contributed by atoms with E-state index in [4.69, 9.17) is 10.0 Å². The van der Waals surface area contributed by atoms with Crippen molar-refractivity contribution in [3.63, 3.8) is 0 Å². The molecule has 0 unspecified atom stereocenters. The van der Waals surface area contributed by atoms with Crippen LogP contribution in [0.3, 0.4) is 0 Å². The van der Waals surface area contributed by atoms with E-state index in [-0.39, 0.29) is 0 Å². The Bertz CT molecular complexity index is 335. The van der Waals surface area contributed by atoms with Crippen LogP contribution < -0.4 is 4.65 Å². The standard InChI is InChI=1S/C10H13BF2O3/c1-2-3-4-7-5-8(12)10(9(13)6-7)16-11(14)15/h5-6,14-15H,2-4H2,1H3. The highest BCUT2D eigenvalue weighted by Crippen LogP contribution is 2.24. The molecule has 0 saturated heterocycles. The van der Waals surface area contributed by atoms with E-state index in [1.807, 2.05) is 6.92 Å². The van der Waals surface area contributed by atoms with Crippen LogP contribution in [0, 0.1) is 11.6 Å². The maximum absolute atomic E-state index is 13.3. The second-order valence-corrected chi connectivity index (χ2v) is 3.44. The second-order valence-electron chi connectivity index (χ2n) is 3.44. The molecule has 0 aliphatic rings. The molecule has 0 fully saturated rings. The summed E-state index contributed by atoms with van der Waals surface area (Å²) in [6.45, 7) is 1.98. The fraction of sp³-hybridized carbons (Fsp3) is 0.400. The zero-order valence-corrected chi connectivity index (χ0v) is 8.91. The van der Waals surface area contributed by atoms with Crippen LogP contribution in [0.25, 0.3) is 0 Å². The zero-order valence-electron chi connectivity index (χ0n) is 8.91. The average molecular weight is 230 g/mol. The smallest absolute Gasteiger partial charge is 0.508 e. The first-order valence-electron chi connectivity index (χ1n) is 5.05. The predicted octanol–water partition coefficient (Wildman–Crippen LogP) is 1.66. The lowest BCUT2D eigenvalue weighted by Crippen LogP contribution is -2.22. The van der Waals surface area contributed by atoms with Crippen molar-refractivity contribution in [3.05, 3.63) is 29.3 Å². The van der Waals surface area contributed by atoms with E-state index in [1.54, 1.807) is 0 Å². The molecule has 0 spiro atoms. The Morgan fingerprint density at radius 3 is 2.25 bits per heavy atom. The van der Waals surface area contributed by atoms with Crippen molar-refractivity contribution in [2.45, 2.75) is 26.2 Å². The number of halogens is 2.